The number of ether oxygens (including phenoxy) is 3. The van der Waals surface area contributed by atoms with E-state index in [0.717, 1.165) is 0 Å². The number of carbonyl (C=O) groups is 2. The summed E-state index contributed by atoms with van der Waals surface area (Å²) in [5.74, 6) is -1.01. The van der Waals surface area contributed by atoms with Gasteiger partial charge >= 0.3 is 6.09 Å². The summed E-state index contributed by atoms with van der Waals surface area (Å²) in [5.41, 5.74) is 10.0. The number of anilines is 3. The van der Waals surface area contributed by atoms with Gasteiger partial charge in [0.2, 0.25) is 11.9 Å². The van der Waals surface area contributed by atoms with Gasteiger partial charge in [0.05, 0.1) is 30.4 Å². The van der Waals surface area contributed by atoms with Crippen LogP contribution >= 0.6 is 0 Å². The summed E-state index contributed by atoms with van der Waals surface area (Å²) >= 11 is 0. The van der Waals surface area contributed by atoms with Crippen LogP contribution in [-0.4, -0.2) is 62.2 Å². The van der Waals surface area contributed by atoms with Gasteiger partial charge in [0.1, 0.15) is 19.1 Å². The van der Waals surface area contributed by atoms with Crippen molar-refractivity contribution >= 4 is 40.5 Å². The number of azide groups is 1. The van der Waals surface area contributed by atoms with Crippen molar-refractivity contribution in [3.63, 3.8) is 0 Å². The zero-order valence-corrected chi connectivity index (χ0v) is 23.3. The van der Waals surface area contributed by atoms with Crippen molar-refractivity contribution in [2.75, 3.05) is 23.6 Å². The van der Waals surface area contributed by atoms with Crippen LogP contribution in [0.2, 0.25) is 0 Å². The summed E-state index contributed by atoms with van der Waals surface area (Å²) in [6.07, 6.45) is -1.05. The first-order valence-corrected chi connectivity index (χ1v) is 13.5. The molecule has 0 bridgehead atoms. The number of nitrogens with one attached hydrogen (secondary N) is 1. The van der Waals surface area contributed by atoms with Crippen LogP contribution in [0.3, 0.4) is 0 Å². The maximum atomic E-state index is 13.7. The van der Waals surface area contributed by atoms with Crippen LogP contribution in [-0.2, 0) is 14.3 Å². The summed E-state index contributed by atoms with van der Waals surface area (Å²) in [6, 6.07) is 17.9. The van der Waals surface area contributed by atoms with E-state index >= 15 is 0 Å². The third-order valence-electron chi connectivity index (χ3n) is 6.62. The number of hydrogen-bond acceptors (Lipinski definition) is 10. The van der Waals surface area contributed by atoms with Gasteiger partial charge in [0.25, 0.3) is 5.88 Å². The molecular weight excluding hydrogens is 558 g/mol. The molecule has 2 amide bonds. The Morgan fingerprint density at radius 1 is 1.16 bits per heavy atom. The van der Waals surface area contributed by atoms with Gasteiger partial charge in [-0.2, -0.15) is 9.97 Å². The molecule has 15 nitrogen and oxygen atoms in total. The van der Waals surface area contributed by atoms with Crippen LogP contribution in [0.5, 0.6) is 5.88 Å². The lowest BCUT2D eigenvalue weighted by Crippen LogP contribution is -2.29. The van der Waals surface area contributed by atoms with Crippen LogP contribution in [0, 0.1) is 5.92 Å². The Hall–Kier alpha value is -5.08. The van der Waals surface area contributed by atoms with E-state index in [4.69, 9.17) is 19.7 Å². The van der Waals surface area contributed by atoms with E-state index in [9.17, 15) is 14.7 Å². The van der Waals surface area contributed by atoms with E-state index in [1.807, 2.05) is 12.1 Å². The van der Waals surface area contributed by atoms with Crippen LogP contribution in [0.25, 0.3) is 21.6 Å². The molecule has 5 rings (SSSR count). The first kappa shape index (κ1) is 29.4. The van der Waals surface area contributed by atoms with Gasteiger partial charge in [-0.15, -0.1) is 0 Å². The molecule has 0 unspecified atom stereocenters. The fourth-order valence-electron chi connectivity index (χ4n) is 4.49. The molecule has 3 heterocycles. The molecule has 1 fully saturated rings. The topological polar surface area (TPSA) is 190 Å². The van der Waals surface area contributed by atoms with Crippen molar-refractivity contribution in [1.29, 1.82) is 0 Å². The third-order valence-corrected chi connectivity index (χ3v) is 6.62. The number of hydrogen-bond donors (Lipinski definition) is 2. The van der Waals surface area contributed by atoms with Crippen LogP contribution in [0.15, 0.2) is 72.1 Å². The lowest BCUT2D eigenvalue weighted by molar-refractivity contribution is -0.118. The molecule has 1 aliphatic heterocycles. The van der Waals surface area contributed by atoms with Crippen LogP contribution in [0.1, 0.15) is 26.5 Å². The van der Waals surface area contributed by atoms with Crippen LogP contribution in [0.4, 0.5) is 22.1 Å². The summed E-state index contributed by atoms with van der Waals surface area (Å²) in [5, 5.41) is 15.9. The molecule has 3 atom stereocenters. The van der Waals surface area contributed by atoms with Gasteiger partial charge < -0.3 is 19.3 Å². The summed E-state index contributed by atoms with van der Waals surface area (Å²) in [7, 11) is 0. The third kappa shape index (κ3) is 6.55. The fourth-order valence-corrected chi connectivity index (χ4v) is 4.49. The number of para-hydroxylation sites is 2. The molecule has 1 saturated heterocycles. The van der Waals surface area contributed by atoms with Gasteiger partial charge in [-0.1, -0.05) is 55.4 Å². The lowest BCUT2D eigenvalue weighted by Gasteiger charge is -2.22. The molecule has 4 aromatic rings. The molecule has 43 heavy (non-hydrogen) atoms. The van der Waals surface area contributed by atoms with E-state index in [1.54, 1.807) is 66.9 Å². The van der Waals surface area contributed by atoms with E-state index in [2.05, 4.69) is 30.3 Å². The Bertz CT molecular complexity index is 1590. The molecule has 0 spiro atoms. The normalized spacial score (nSPS) is 17.9. The Labute approximate surface area is 245 Å². The van der Waals surface area contributed by atoms with E-state index in [-0.39, 0.29) is 54.6 Å². The number of benzene rings is 2. The van der Waals surface area contributed by atoms with Crippen molar-refractivity contribution < 1.29 is 28.9 Å². The van der Waals surface area contributed by atoms with Gasteiger partial charge in [-0.05, 0) is 29.8 Å². The number of nitrogens with zero attached hydrogens (tertiary/aromatic N) is 8. The summed E-state index contributed by atoms with van der Waals surface area (Å²) in [4.78, 5) is 43.6. The highest BCUT2D eigenvalue weighted by Gasteiger charge is 2.38. The maximum Gasteiger partial charge on any atom is 0.425 e. The molecule has 222 valence electrons. The molecule has 0 radical (unpaired) electrons. The fraction of sp³-hybridized carbons (Fsp3) is 0.321. The Balaban J connectivity index is 1.52. The molecular formula is C28H29N9O6. The quantitative estimate of drug-likeness (QED) is 0.151. The molecule has 0 saturated carbocycles. The number of imidazole rings is 1. The monoisotopic (exact) mass is 587 g/mol. The Kier molecular flexibility index (Phi) is 9.08. The number of fused-ring (bicyclic) bond motifs is 1. The van der Waals surface area contributed by atoms with E-state index < -0.39 is 24.5 Å². The highest BCUT2D eigenvalue weighted by Crippen LogP contribution is 2.35. The number of aliphatic hydroxyl groups is 1. The van der Waals surface area contributed by atoms with Gasteiger partial charge in [0.15, 0.2) is 11.2 Å². The van der Waals surface area contributed by atoms with E-state index in [0.29, 0.717) is 11.4 Å². The molecule has 2 aromatic heterocycles. The predicted molar refractivity (Wildman–Crippen MR) is 154 cm³/mol. The van der Waals surface area contributed by atoms with E-state index in [1.165, 1.54) is 11.2 Å². The number of aliphatic hydroxyl groups excluding tert-OH is 1. The predicted octanol–water partition coefficient (Wildman–Crippen LogP) is 4.69. The van der Waals surface area contributed by atoms with Crippen molar-refractivity contribution in [1.82, 2.24) is 19.5 Å². The minimum Gasteiger partial charge on any atom is -0.394 e. The number of carbonyl (C=O) groups excluding carboxylic acids is 2. The van der Waals surface area contributed by atoms with Crippen molar-refractivity contribution in [2.45, 2.75) is 38.7 Å². The highest BCUT2D eigenvalue weighted by atomic mass is 16.6. The second-order valence-electron chi connectivity index (χ2n) is 9.81. The number of rotatable bonds is 10. The smallest absolute Gasteiger partial charge is 0.394 e. The van der Waals surface area contributed by atoms with Gasteiger partial charge in [0, 0.05) is 17.3 Å². The first-order chi connectivity index (χ1) is 20.9. The van der Waals surface area contributed by atoms with Crippen molar-refractivity contribution in [3.8, 4) is 5.88 Å². The zero-order valence-electron chi connectivity index (χ0n) is 23.3. The lowest BCUT2D eigenvalue weighted by atomic mass is 10.2. The Morgan fingerprint density at radius 3 is 2.44 bits per heavy atom. The highest BCUT2D eigenvalue weighted by molar-refractivity contribution is 5.98. The van der Waals surface area contributed by atoms with Crippen molar-refractivity contribution in [3.05, 3.63) is 77.4 Å². The number of amides is 2. The average molecular weight is 588 g/mol. The minimum absolute atomic E-state index is 0.102. The Morgan fingerprint density at radius 2 is 1.84 bits per heavy atom. The zero-order chi connectivity index (χ0) is 30.3. The summed E-state index contributed by atoms with van der Waals surface area (Å²) in [6.45, 7) is 2.86. The molecule has 0 aliphatic carbocycles. The number of aromatic nitrogens is 4. The molecule has 2 N–H and O–H groups in total. The molecule has 15 heteroatoms. The maximum absolute atomic E-state index is 13.7. The van der Waals surface area contributed by atoms with Crippen LogP contribution < -0.4 is 15.0 Å². The second-order valence-corrected chi connectivity index (χ2v) is 9.81. The average Bonchev–Trinajstić information content (AvgIpc) is 3.62. The molecule has 2 aromatic carbocycles. The standard InChI is InChI=1S/C28H29N9O6/c1-17(2)25(39)33-27-32-24-23(30-15-36(24)22-13-20(21(14-38)42-22)41-16-31-35-29)26(34-27)43-28(40)37(18-9-5-3-6-10-18)19-11-7-4-8-12-19/h3-12,15,17,20-22,38H,13-14,16H2,1-2H3,(H,32,33,34,39)/t20-,21-,22-/m1/s1. The van der Waals surface area contributed by atoms with Crippen molar-refractivity contribution in [2.24, 2.45) is 11.0 Å². The minimum atomic E-state index is -0.767. The van der Waals surface area contributed by atoms with Gasteiger partial charge in [-0.3, -0.25) is 14.7 Å². The summed E-state index contributed by atoms with van der Waals surface area (Å²) < 4.78 is 19.0. The molecule has 1 aliphatic rings. The SMILES string of the molecule is CC(C)C(=O)Nc1nc(OC(=O)N(c2ccccc2)c2ccccc2)c2ncn([C@H]3C[C@@H](OCN=[N+]=[N-])[C@@H](CO)O3)c2n1. The largest absolute Gasteiger partial charge is 0.425 e. The second kappa shape index (κ2) is 13.3. The van der Waals surface area contributed by atoms with Gasteiger partial charge in [-0.25, -0.2) is 14.7 Å². The first-order valence-electron chi connectivity index (χ1n) is 13.5.